The third-order valence-corrected chi connectivity index (χ3v) is 4.46. The summed E-state index contributed by atoms with van der Waals surface area (Å²) in [5.41, 5.74) is 1.83. The van der Waals surface area contributed by atoms with Gasteiger partial charge < -0.3 is 15.4 Å². The predicted molar refractivity (Wildman–Crippen MR) is 107 cm³/mol. The SMILES string of the molecule is CCCCCNC(=O)c1ccnc(C(=O)Nc2cc(C)c(Cl)cc2OC)c1. The average molecular weight is 390 g/mol. The highest BCUT2D eigenvalue weighted by Gasteiger charge is 2.15. The first-order valence-corrected chi connectivity index (χ1v) is 9.23. The Morgan fingerprint density at radius 2 is 1.96 bits per heavy atom. The van der Waals surface area contributed by atoms with Crippen LogP contribution in [-0.2, 0) is 0 Å². The number of unbranched alkanes of at least 4 members (excludes halogenated alkanes) is 2. The molecule has 0 radical (unpaired) electrons. The van der Waals surface area contributed by atoms with E-state index in [1.54, 1.807) is 18.2 Å². The number of methoxy groups -OCH3 is 1. The summed E-state index contributed by atoms with van der Waals surface area (Å²) in [4.78, 5) is 28.8. The first-order chi connectivity index (χ1) is 13.0. The largest absolute Gasteiger partial charge is 0.495 e. The second-order valence-corrected chi connectivity index (χ2v) is 6.56. The van der Waals surface area contributed by atoms with Crippen molar-refractivity contribution < 1.29 is 14.3 Å². The Morgan fingerprint density at radius 3 is 2.67 bits per heavy atom. The Kier molecular flexibility index (Phi) is 7.61. The summed E-state index contributed by atoms with van der Waals surface area (Å²) in [7, 11) is 1.50. The number of pyridine rings is 1. The number of benzene rings is 1. The van der Waals surface area contributed by atoms with Crippen LogP contribution in [0.25, 0.3) is 0 Å². The van der Waals surface area contributed by atoms with E-state index in [1.807, 2.05) is 6.92 Å². The second kappa shape index (κ2) is 9.92. The topological polar surface area (TPSA) is 80.3 Å². The number of amides is 2. The first-order valence-electron chi connectivity index (χ1n) is 8.86. The van der Waals surface area contributed by atoms with Gasteiger partial charge in [0.25, 0.3) is 11.8 Å². The van der Waals surface area contributed by atoms with Crippen molar-refractivity contribution in [1.29, 1.82) is 0 Å². The van der Waals surface area contributed by atoms with Crippen molar-refractivity contribution in [3.63, 3.8) is 0 Å². The number of hydrogen-bond donors (Lipinski definition) is 2. The minimum absolute atomic E-state index is 0.144. The average Bonchev–Trinajstić information content (AvgIpc) is 2.67. The van der Waals surface area contributed by atoms with Crippen LogP contribution in [0.5, 0.6) is 5.75 Å². The van der Waals surface area contributed by atoms with Crippen molar-refractivity contribution in [1.82, 2.24) is 10.3 Å². The lowest BCUT2D eigenvalue weighted by atomic mass is 10.1. The molecule has 144 valence electrons. The van der Waals surface area contributed by atoms with E-state index in [2.05, 4.69) is 22.5 Å². The van der Waals surface area contributed by atoms with Crippen molar-refractivity contribution in [3.8, 4) is 5.75 Å². The minimum Gasteiger partial charge on any atom is -0.495 e. The van der Waals surface area contributed by atoms with Crippen LogP contribution in [0, 0.1) is 6.92 Å². The van der Waals surface area contributed by atoms with Crippen LogP contribution >= 0.6 is 11.6 Å². The molecule has 27 heavy (non-hydrogen) atoms. The molecule has 2 aromatic rings. The predicted octanol–water partition coefficient (Wildman–Crippen LogP) is 4.22. The molecule has 2 amide bonds. The molecule has 0 saturated heterocycles. The number of nitrogens with one attached hydrogen (secondary N) is 2. The molecular formula is C20H24ClN3O3. The van der Waals surface area contributed by atoms with Crippen LogP contribution in [-0.4, -0.2) is 30.5 Å². The Labute approximate surface area is 164 Å². The van der Waals surface area contributed by atoms with Crippen molar-refractivity contribution in [3.05, 3.63) is 52.3 Å². The summed E-state index contributed by atoms with van der Waals surface area (Å²) < 4.78 is 5.26. The highest BCUT2D eigenvalue weighted by atomic mass is 35.5. The molecule has 0 aliphatic heterocycles. The van der Waals surface area contributed by atoms with Crippen LogP contribution in [0.15, 0.2) is 30.5 Å². The molecule has 1 aromatic carbocycles. The quantitative estimate of drug-likeness (QED) is 0.662. The Morgan fingerprint density at radius 1 is 1.19 bits per heavy atom. The van der Waals surface area contributed by atoms with Gasteiger partial charge in [0.05, 0.1) is 12.8 Å². The maximum Gasteiger partial charge on any atom is 0.274 e. The van der Waals surface area contributed by atoms with Crippen molar-refractivity contribution >= 4 is 29.1 Å². The van der Waals surface area contributed by atoms with E-state index in [0.29, 0.717) is 28.6 Å². The van der Waals surface area contributed by atoms with Crippen molar-refractivity contribution in [2.75, 3.05) is 19.0 Å². The monoisotopic (exact) mass is 389 g/mol. The van der Waals surface area contributed by atoms with E-state index in [0.717, 1.165) is 24.8 Å². The molecule has 7 heteroatoms. The highest BCUT2D eigenvalue weighted by molar-refractivity contribution is 6.31. The maximum absolute atomic E-state index is 12.6. The molecule has 0 bridgehead atoms. The Bertz CT molecular complexity index is 824. The summed E-state index contributed by atoms with van der Waals surface area (Å²) >= 11 is 6.09. The van der Waals surface area contributed by atoms with Crippen LogP contribution in [0.4, 0.5) is 5.69 Å². The number of nitrogens with zero attached hydrogens (tertiary/aromatic N) is 1. The lowest BCUT2D eigenvalue weighted by molar-refractivity contribution is 0.0953. The van der Waals surface area contributed by atoms with E-state index in [1.165, 1.54) is 19.4 Å². The maximum atomic E-state index is 12.6. The molecule has 0 saturated carbocycles. The van der Waals surface area contributed by atoms with Gasteiger partial charge in [-0.3, -0.25) is 14.6 Å². The number of hydrogen-bond acceptors (Lipinski definition) is 4. The fourth-order valence-corrected chi connectivity index (χ4v) is 2.64. The second-order valence-electron chi connectivity index (χ2n) is 6.15. The van der Waals surface area contributed by atoms with Gasteiger partial charge >= 0.3 is 0 Å². The van der Waals surface area contributed by atoms with E-state index in [4.69, 9.17) is 16.3 Å². The number of carbonyl (C=O) groups excluding carboxylic acids is 2. The number of anilines is 1. The summed E-state index contributed by atoms with van der Waals surface area (Å²) in [6.07, 6.45) is 4.52. The van der Waals surface area contributed by atoms with E-state index in [-0.39, 0.29) is 11.6 Å². The molecule has 0 fully saturated rings. The van der Waals surface area contributed by atoms with Gasteiger partial charge in [0.1, 0.15) is 11.4 Å². The molecule has 2 N–H and O–H groups in total. The van der Waals surface area contributed by atoms with E-state index < -0.39 is 5.91 Å². The standard InChI is InChI=1S/C20H24ClN3O3/c1-4-5-6-8-23-19(25)14-7-9-22-17(11-14)20(26)24-16-10-13(2)15(21)12-18(16)27-3/h7,9-12H,4-6,8H2,1-3H3,(H,23,25)(H,24,26). The molecule has 1 heterocycles. The van der Waals surface area contributed by atoms with Gasteiger partial charge in [-0.25, -0.2) is 0 Å². The number of carbonyl (C=O) groups is 2. The van der Waals surface area contributed by atoms with Crippen LogP contribution in [0.3, 0.4) is 0 Å². The highest BCUT2D eigenvalue weighted by Crippen LogP contribution is 2.31. The van der Waals surface area contributed by atoms with E-state index in [9.17, 15) is 9.59 Å². The molecule has 0 spiro atoms. The zero-order valence-electron chi connectivity index (χ0n) is 15.8. The zero-order chi connectivity index (χ0) is 19.8. The lowest BCUT2D eigenvalue weighted by Gasteiger charge is -2.12. The van der Waals surface area contributed by atoms with Gasteiger partial charge in [-0.15, -0.1) is 0 Å². The van der Waals surface area contributed by atoms with Crippen molar-refractivity contribution in [2.45, 2.75) is 33.1 Å². The summed E-state index contributed by atoms with van der Waals surface area (Å²) in [6, 6.07) is 6.42. The van der Waals surface area contributed by atoms with Crippen molar-refractivity contribution in [2.24, 2.45) is 0 Å². The van der Waals surface area contributed by atoms with Gasteiger partial charge in [-0.2, -0.15) is 0 Å². The number of aromatic nitrogens is 1. The van der Waals surface area contributed by atoms with E-state index >= 15 is 0 Å². The molecule has 1 aromatic heterocycles. The third kappa shape index (κ3) is 5.69. The minimum atomic E-state index is -0.435. The third-order valence-electron chi connectivity index (χ3n) is 4.05. The Hall–Kier alpha value is -2.60. The molecule has 0 aliphatic carbocycles. The first kappa shape index (κ1) is 20.7. The van der Waals surface area contributed by atoms with Gasteiger partial charge in [-0.05, 0) is 37.1 Å². The fraction of sp³-hybridized carbons (Fsp3) is 0.350. The van der Waals surface area contributed by atoms with Crippen LogP contribution in [0.1, 0.15) is 52.6 Å². The molecule has 0 aliphatic rings. The fourth-order valence-electron chi connectivity index (χ4n) is 2.49. The van der Waals surface area contributed by atoms with Gasteiger partial charge in [0.2, 0.25) is 0 Å². The lowest BCUT2D eigenvalue weighted by Crippen LogP contribution is -2.25. The number of ether oxygens (including phenoxy) is 1. The van der Waals surface area contributed by atoms with Crippen LogP contribution < -0.4 is 15.4 Å². The Balaban J connectivity index is 2.11. The normalized spacial score (nSPS) is 10.4. The molecule has 0 atom stereocenters. The smallest absolute Gasteiger partial charge is 0.274 e. The zero-order valence-corrected chi connectivity index (χ0v) is 16.5. The van der Waals surface area contributed by atoms with Crippen LogP contribution in [0.2, 0.25) is 5.02 Å². The number of halogens is 1. The molecular weight excluding hydrogens is 366 g/mol. The van der Waals surface area contributed by atoms with Gasteiger partial charge in [0, 0.05) is 29.4 Å². The molecule has 6 nitrogen and oxygen atoms in total. The molecule has 2 rings (SSSR count). The number of aryl methyl sites for hydroxylation is 1. The number of rotatable bonds is 8. The summed E-state index contributed by atoms with van der Waals surface area (Å²) in [5.74, 6) is -0.207. The molecule has 0 unspecified atom stereocenters. The summed E-state index contributed by atoms with van der Waals surface area (Å²) in [5, 5.41) is 6.15. The van der Waals surface area contributed by atoms with Gasteiger partial charge in [0.15, 0.2) is 0 Å². The summed E-state index contributed by atoms with van der Waals surface area (Å²) in [6.45, 7) is 4.55. The van der Waals surface area contributed by atoms with Gasteiger partial charge in [-0.1, -0.05) is 31.4 Å².